The zero-order valence-corrected chi connectivity index (χ0v) is 18.1. The Bertz CT molecular complexity index is 396. The summed E-state index contributed by atoms with van der Waals surface area (Å²) in [5.41, 5.74) is 0.222. The lowest BCUT2D eigenvalue weighted by atomic mass is 9.41. The highest BCUT2D eigenvalue weighted by atomic mass is 16.5. The summed E-state index contributed by atoms with van der Waals surface area (Å²) in [6, 6.07) is 0.907. The van der Waals surface area contributed by atoms with Gasteiger partial charge in [0.25, 0.3) is 0 Å². The van der Waals surface area contributed by atoms with Crippen LogP contribution in [0.5, 0.6) is 0 Å². The number of hydrogen-bond acceptors (Lipinski definition) is 2. The Labute approximate surface area is 146 Å². The van der Waals surface area contributed by atoms with E-state index < -0.39 is 0 Å². The second kappa shape index (κ2) is 5.73. The van der Waals surface area contributed by atoms with Crippen LogP contribution in [-0.4, -0.2) is 23.8 Å². The van der Waals surface area contributed by atoms with Crippen LogP contribution in [0, 0.1) is 21.7 Å². The fourth-order valence-corrected chi connectivity index (χ4v) is 4.62. The SMILES string of the molecule is CC(C)NC1C(C)(C)C(C)(C)C(OC(C)(C)C)C(C)(C)C1(C)C. The van der Waals surface area contributed by atoms with E-state index in [9.17, 15) is 0 Å². The Balaban J connectivity index is 3.50. The molecule has 0 saturated heterocycles. The smallest absolute Gasteiger partial charge is 0.0695 e. The predicted molar refractivity (Wildman–Crippen MR) is 102 cm³/mol. The quantitative estimate of drug-likeness (QED) is 0.723. The summed E-state index contributed by atoms with van der Waals surface area (Å²) in [6.45, 7) is 30.3. The van der Waals surface area contributed by atoms with E-state index in [0.717, 1.165) is 0 Å². The van der Waals surface area contributed by atoms with E-state index in [-0.39, 0.29) is 33.4 Å². The molecule has 1 rings (SSSR count). The van der Waals surface area contributed by atoms with Crippen LogP contribution in [0.25, 0.3) is 0 Å². The fraction of sp³-hybridized carbons (Fsp3) is 1.00. The summed E-state index contributed by atoms with van der Waals surface area (Å²) < 4.78 is 6.71. The van der Waals surface area contributed by atoms with Crippen LogP contribution in [0.15, 0.2) is 0 Å². The van der Waals surface area contributed by atoms with Gasteiger partial charge < -0.3 is 10.1 Å². The first-order chi connectivity index (χ1) is 9.89. The van der Waals surface area contributed by atoms with E-state index in [4.69, 9.17) is 4.74 Å². The minimum Gasteiger partial charge on any atom is -0.371 e. The number of nitrogens with one attached hydrogen (secondary N) is 1. The van der Waals surface area contributed by atoms with Gasteiger partial charge in [-0.2, -0.15) is 0 Å². The molecule has 0 amide bonds. The van der Waals surface area contributed by atoms with Gasteiger partial charge in [0.15, 0.2) is 0 Å². The molecule has 1 fully saturated rings. The predicted octanol–water partition coefficient (Wildman–Crippen LogP) is 5.66. The molecule has 0 heterocycles. The first-order valence-electron chi connectivity index (χ1n) is 9.33. The third-order valence-electron chi connectivity index (χ3n) is 7.05. The van der Waals surface area contributed by atoms with Crippen molar-refractivity contribution < 1.29 is 4.74 Å². The van der Waals surface area contributed by atoms with E-state index in [1.807, 2.05) is 0 Å². The van der Waals surface area contributed by atoms with Gasteiger partial charge in [-0.25, -0.2) is 0 Å². The second-order valence-electron chi connectivity index (χ2n) is 11.3. The maximum absolute atomic E-state index is 6.71. The zero-order valence-electron chi connectivity index (χ0n) is 18.1. The molecule has 0 aromatic carbocycles. The lowest BCUT2D eigenvalue weighted by Crippen LogP contribution is -2.73. The molecular weight excluding hydrogens is 282 g/mol. The van der Waals surface area contributed by atoms with Gasteiger partial charge in [0.05, 0.1) is 11.7 Å². The molecule has 138 valence electrons. The number of rotatable bonds is 3. The van der Waals surface area contributed by atoms with Crippen molar-refractivity contribution in [1.82, 2.24) is 5.32 Å². The largest absolute Gasteiger partial charge is 0.371 e. The Kier molecular flexibility index (Phi) is 5.22. The summed E-state index contributed by atoms with van der Waals surface area (Å²) in [6.07, 6.45) is 0.199. The van der Waals surface area contributed by atoms with Gasteiger partial charge in [-0.05, 0) is 42.4 Å². The Hall–Kier alpha value is -0.0800. The highest BCUT2D eigenvalue weighted by Crippen LogP contribution is 2.64. The maximum atomic E-state index is 6.71. The minimum absolute atomic E-state index is 0.0614. The van der Waals surface area contributed by atoms with Crippen LogP contribution in [0.3, 0.4) is 0 Å². The van der Waals surface area contributed by atoms with Gasteiger partial charge in [-0.15, -0.1) is 0 Å². The van der Waals surface area contributed by atoms with E-state index >= 15 is 0 Å². The molecule has 0 unspecified atom stereocenters. The van der Waals surface area contributed by atoms with Gasteiger partial charge >= 0.3 is 0 Å². The normalized spacial score (nSPS) is 32.1. The molecule has 0 atom stereocenters. The van der Waals surface area contributed by atoms with Crippen LogP contribution in [0.1, 0.15) is 90.0 Å². The van der Waals surface area contributed by atoms with E-state index in [0.29, 0.717) is 12.1 Å². The summed E-state index contributed by atoms with van der Waals surface area (Å²) >= 11 is 0. The van der Waals surface area contributed by atoms with Crippen molar-refractivity contribution in [2.45, 2.75) is 114 Å². The van der Waals surface area contributed by atoms with Gasteiger partial charge in [0, 0.05) is 12.1 Å². The molecule has 1 N–H and O–H groups in total. The van der Waals surface area contributed by atoms with E-state index in [1.54, 1.807) is 0 Å². The van der Waals surface area contributed by atoms with Gasteiger partial charge in [-0.1, -0.05) is 69.2 Å². The van der Waals surface area contributed by atoms with Gasteiger partial charge in [-0.3, -0.25) is 0 Å². The zero-order chi connectivity index (χ0) is 18.6. The van der Waals surface area contributed by atoms with Crippen LogP contribution >= 0.6 is 0 Å². The van der Waals surface area contributed by atoms with E-state index in [2.05, 4.69) is 95.3 Å². The standard InChI is InChI=1S/C21H43NO/c1-14(2)22-15-18(6,7)20(10,11)16(23-17(3,4)5)21(12,13)19(15,8)9/h14-16,22H,1-13H3. The molecule has 0 aromatic heterocycles. The van der Waals surface area contributed by atoms with Crippen LogP contribution in [0.2, 0.25) is 0 Å². The molecule has 2 nitrogen and oxygen atoms in total. The molecule has 0 aliphatic heterocycles. The van der Waals surface area contributed by atoms with Gasteiger partial charge in [0.1, 0.15) is 0 Å². The van der Waals surface area contributed by atoms with Crippen molar-refractivity contribution in [2.75, 3.05) is 0 Å². The molecule has 1 saturated carbocycles. The highest BCUT2D eigenvalue weighted by molar-refractivity contribution is 5.17. The van der Waals surface area contributed by atoms with Crippen molar-refractivity contribution in [3.8, 4) is 0 Å². The third kappa shape index (κ3) is 3.35. The summed E-state index contributed by atoms with van der Waals surface area (Å²) in [5, 5.41) is 3.90. The second-order valence-corrected chi connectivity index (χ2v) is 11.3. The first-order valence-corrected chi connectivity index (χ1v) is 9.33. The summed E-state index contributed by atoms with van der Waals surface area (Å²) in [5.74, 6) is 0. The van der Waals surface area contributed by atoms with Crippen molar-refractivity contribution in [3.05, 3.63) is 0 Å². The maximum Gasteiger partial charge on any atom is 0.0695 e. The van der Waals surface area contributed by atoms with E-state index in [1.165, 1.54) is 0 Å². The average Bonchev–Trinajstić information content (AvgIpc) is 2.29. The lowest BCUT2D eigenvalue weighted by molar-refractivity contribution is -0.262. The van der Waals surface area contributed by atoms with Crippen molar-refractivity contribution in [1.29, 1.82) is 0 Å². The first kappa shape index (κ1) is 21.0. The number of ether oxygens (including phenoxy) is 1. The van der Waals surface area contributed by atoms with Crippen LogP contribution in [0.4, 0.5) is 0 Å². The molecular formula is C21H43NO. The monoisotopic (exact) mass is 325 g/mol. The molecule has 0 aromatic rings. The minimum atomic E-state index is -0.135. The molecule has 1 aliphatic rings. The Morgan fingerprint density at radius 2 is 1.09 bits per heavy atom. The molecule has 23 heavy (non-hydrogen) atoms. The molecule has 1 aliphatic carbocycles. The Morgan fingerprint density at radius 1 is 0.739 bits per heavy atom. The molecule has 0 bridgehead atoms. The fourth-order valence-electron chi connectivity index (χ4n) is 4.62. The van der Waals surface area contributed by atoms with Gasteiger partial charge in [0.2, 0.25) is 0 Å². The van der Waals surface area contributed by atoms with Crippen LogP contribution in [-0.2, 0) is 4.74 Å². The lowest BCUT2D eigenvalue weighted by Gasteiger charge is -2.69. The Morgan fingerprint density at radius 3 is 1.35 bits per heavy atom. The molecule has 0 spiro atoms. The highest BCUT2D eigenvalue weighted by Gasteiger charge is 2.66. The van der Waals surface area contributed by atoms with Crippen LogP contribution < -0.4 is 5.32 Å². The van der Waals surface area contributed by atoms with Crippen molar-refractivity contribution >= 4 is 0 Å². The third-order valence-corrected chi connectivity index (χ3v) is 7.05. The summed E-state index contributed by atoms with van der Waals surface area (Å²) in [7, 11) is 0. The topological polar surface area (TPSA) is 21.3 Å². The van der Waals surface area contributed by atoms with Crippen molar-refractivity contribution in [2.24, 2.45) is 21.7 Å². The van der Waals surface area contributed by atoms with Crippen molar-refractivity contribution in [3.63, 3.8) is 0 Å². The molecule has 2 heteroatoms. The number of hydrogen-bond donors (Lipinski definition) is 1. The average molecular weight is 326 g/mol. The molecule has 0 radical (unpaired) electrons. The summed E-state index contributed by atoms with van der Waals surface area (Å²) in [4.78, 5) is 0.